The minimum Gasteiger partial charge on any atom is -0.507 e. The second-order valence-corrected chi connectivity index (χ2v) is 5.27. The molecule has 0 spiro atoms. The van der Waals surface area contributed by atoms with Crippen molar-refractivity contribution in [2.45, 2.75) is 0 Å². The Bertz CT molecular complexity index is 689. The fourth-order valence-corrected chi connectivity index (χ4v) is 2.02. The quantitative estimate of drug-likeness (QED) is 0.567. The third-order valence-electron chi connectivity index (χ3n) is 2.52. The van der Waals surface area contributed by atoms with Crippen molar-refractivity contribution in [3.63, 3.8) is 0 Å². The molecule has 9 heteroatoms. The summed E-state index contributed by atoms with van der Waals surface area (Å²) in [4.78, 5) is 27.5. The van der Waals surface area contributed by atoms with Gasteiger partial charge in [0, 0.05) is 5.02 Å². The molecule has 1 aromatic carbocycles. The third kappa shape index (κ3) is 3.79. The molecule has 0 saturated heterocycles. The van der Waals surface area contributed by atoms with E-state index >= 15 is 0 Å². The molecular formula is C13H8Cl3N3O3. The number of halogens is 3. The molecule has 0 unspecified atom stereocenters. The zero-order valence-corrected chi connectivity index (χ0v) is 13.0. The summed E-state index contributed by atoms with van der Waals surface area (Å²) in [7, 11) is 0. The number of carbonyl (C=O) groups is 2. The van der Waals surface area contributed by atoms with Gasteiger partial charge in [-0.15, -0.1) is 0 Å². The molecule has 0 bridgehead atoms. The average Bonchev–Trinajstić information content (AvgIpc) is 2.49. The van der Waals surface area contributed by atoms with Crippen molar-refractivity contribution in [2.24, 2.45) is 0 Å². The van der Waals surface area contributed by atoms with Crippen LogP contribution in [0.15, 0.2) is 30.3 Å². The molecule has 0 radical (unpaired) electrons. The smallest absolute Gasteiger partial charge is 0.289 e. The van der Waals surface area contributed by atoms with Gasteiger partial charge in [0.1, 0.15) is 16.6 Å². The number of rotatable bonds is 2. The van der Waals surface area contributed by atoms with Gasteiger partial charge in [0.05, 0.1) is 10.6 Å². The lowest BCUT2D eigenvalue weighted by Gasteiger charge is -2.09. The molecule has 0 fully saturated rings. The number of hydrazine groups is 1. The van der Waals surface area contributed by atoms with Gasteiger partial charge in [-0.05, 0) is 30.3 Å². The Kier molecular flexibility index (Phi) is 5.07. The van der Waals surface area contributed by atoms with Crippen LogP contribution >= 0.6 is 34.8 Å². The Labute approximate surface area is 140 Å². The largest absolute Gasteiger partial charge is 0.507 e. The summed E-state index contributed by atoms with van der Waals surface area (Å²) in [6.45, 7) is 0. The number of hydrogen-bond donors (Lipinski definition) is 3. The number of aromatic hydroxyl groups is 1. The lowest BCUT2D eigenvalue weighted by molar-refractivity contribution is 0.0842. The van der Waals surface area contributed by atoms with E-state index in [4.69, 9.17) is 34.8 Å². The molecule has 114 valence electrons. The molecule has 0 aliphatic carbocycles. The first-order valence-corrected chi connectivity index (χ1v) is 6.93. The molecule has 0 aliphatic rings. The van der Waals surface area contributed by atoms with Gasteiger partial charge in [-0.1, -0.05) is 34.8 Å². The van der Waals surface area contributed by atoms with E-state index in [1.807, 2.05) is 0 Å². The van der Waals surface area contributed by atoms with Gasteiger partial charge < -0.3 is 5.11 Å². The van der Waals surface area contributed by atoms with Crippen LogP contribution in [-0.2, 0) is 0 Å². The second kappa shape index (κ2) is 6.83. The molecule has 22 heavy (non-hydrogen) atoms. The average molecular weight is 361 g/mol. The highest BCUT2D eigenvalue weighted by atomic mass is 35.5. The van der Waals surface area contributed by atoms with Crippen LogP contribution in [-0.4, -0.2) is 21.9 Å². The maximum absolute atomic E-state index is 11.9. The van der Waals surface area contributed by atoms with Crippen LogP contribution in [0.4, 0.5) is 0 Å². The normalized spacial score (nSPS) is 10.1. The van der Waals surface area contributed by atoms with Crippen molar-refractivity contribution in [1.29, 1.82) is 0 Å². The highest BCUT2D eigenvalue weighted by Crippen LogP contribution is 2.21. The first-order chi connectivity index (χ1) is 10.4. The van der Waals surface area contributed by atoms with E-state index in [1.165, 1.54) is 30.3 Å². The van der Waals surface area contributed by atoms with Crippen molar-refractivity contribution in [3.8, 4) is 5.75 Å². The highest BCUT2D eigenvalue weighted by Gasteiger charge is 2.16. The fourth-order valence-electron chi connectivity index (χ4n) is 1.51. The van der Waals surface area contributed by atoms with Crippen molar-refractivity contribution in [3.05, 3.63) is 56.8 Å². The number of benzene rings is 1. The second-order valence-electron chi connectivity index (χ2n) is 4.03. The molecule has 2 aromatic rings. The molecule has 3 N–H and O–H groups in total. The predicted octanol–water partition coefficient (Wildman–Crippen LogP) is 2.82. The van der Waals surface area contributed by atoms with Crippen molar-refractivity contribution in [2.75, 3.05) is 0 Å². The van der Waals surface area contributed by atoms with Gasteiger partial charge in [-0.25, -0.2) is 4.98 Å². The number of nitrogens with zero attached hydrogens (tertiary/aromatic N) is 1. The molecule has 2 rings (SSSR count). The van der Waals surface area contributed by atoms with E-state index in [9.17, 15) is 14.7 Å². The summed E-state index contributed by atoms with van der Waals surface area (Å²) in [5, 5.41) is 9.99. The summed E-state index contributed by atoms with van der Waals surface area (Å²) < 4.78 is 0. The summed E-state index contributed by atoms with van der Waals surface area (Å²) in [5.74, 6) is -1.80. The van der Waals surface area contributed by atoms with E-state index in [0.29, 0.717) is 0 Å². The number of pyridine rings is 1. The molecule has 0 atom stereocenters. The minimum absolute atomic E-state index is 0.0711. The lowest BCUT2D eigenvalue weighted by Crippen LogP contribution is -2.42. The number of amides is 2. The maximum Gasteiger partial charge on any atom is 0.289 e. The number of aromatic nitrogens is 1. The topological polar surface area (TPSA) is 91.3 Å². The Morgan fingerprint density at radius 2 is 1.68 bits per heavy atom. The standard InChI is InChI=1S/C13H8Cl3N3O3/c14-6-1-3-9(20)7(5-6)12(21)18-19-13(22)11-8(15)2-4-10(16)17-11/h1-5,20H,(H,18,21)(H,19,22). The van der Waals surface area contributed by atoms with Gasteiger partial charge >= 0.3 is 0 Å². The molecule has 6 nitrogen and oxygen atoms in total. The van der Waals surface area contributed by atoms with Crippen molar-refractivity contribution in [1.82, 2.24) is 15.8 Å². The number of nitrogens with one attached hydrogen (secondary N) is 2. The van der Waals surface area contributed by atoms with Gasteiger partial charge in [0.15, 0.2) is 0 Å². The first kappa shape index (κ1) is 16.4. The van der Waals surface area contributed by atoms with Gasteiger partial charge in [-0.3, -0.25) is 20.4 Å². The van der Waals surface area contributed by atoms with Gasteiger partial charge in [-0.2, -0.15) is 0 Å². The van der Waals surface area contributed by atoms with Crippen LogP contribution in [0.25, 0.3) is 0 Å². The van der Waals surface area contributed by atoms with Crippen molar-refractivity contribution < 1.29 is 14.7 Å². The van der Waals surface area contributed by atoms with Crippen LogP contribution in [0.3, 0.4) is 0 Å². The van der Waals surface area contributed by atoms with Crippen LogP contribution < -0.4 is 10.9 Å². The van der Waals surface area contributed by atoms with E-state index in [1.54, 1.807) is 0 Å². The number of phenols is 1. The summed E-state index contributed by atoms with van der Waals surface area (Å²) >= 11 is 17.2. The van der Waals surface area contributed by atoms with E-state index in [2.05, 4.69) is 15.8 Å². The summed E-state index contributed by atoms with van der Waals surface area (Å²) in [6, 6.07) is 6.75. The SMILES string of the molecule is O=C(NNC(=O)c1nc(Cl)ccc1Cl)c1cc(Cl)ccc1O. The Morgan fingerprint density at radius 1 is 1.00 bits per heavy atom. The number of carbonyl (C=O) groups excluding carboxylic acids is 2. The highest BCUT2D eigenvalue weighted by molar-refractivity contribution is 6.34. The van der Waals surface area contributed by atoms with Crippen LogP contribution in [0.5, 0.6) is 5.75 Å². The fraction of sp³-hybridized carbons (Fsp3) is 0. The van der Waals surface area contributed by atoms with Crippen LogP contribution in [0.1, 0.15) is 20.8 Å². The van der Waals surface area contributed by atoms with Gasteiger partial charge in [0.25, 0.3) is 11.8 Å². The lowest BCUT2D eigenvalue weighted by atomic mass is 10.2. The molecule has 1 heterocycles. The first-order valence-electron chi connectivity index (χ1n) is 5.79. The molecule has 0 aliphatic heterocycles. The Morgan fingerprint density at radius 3 is 2.41 bits per heavy atom. The monoisotopic (exact) mass is 359 g/mol. The third-order valence-corrected chi connectivity index (χ3v) is 3.27. The Hall–Kier alpha value is -2.02. The molecule has 0 saturated carbocycles. The zero-order valence-electron chi connectivity index (χ0n) is 10.7. The molecule has 1 aromatic heterocycles. The van der Waals surface area contributed by atoms with E-state index < -0.39 is 11.8 Å². The van der Waals surface area contributed by atoms with Crippen LogP contribution in [0.2, 0.25) is 15.2 Å². The predicted molar refractivity (Wildman–Crippen MR) is 82.3 cm³/mol. The van der Waals surface area contributed by atoms with Gasteiger partial charge in [0.2, 0.25) is 0 Å². The number of phenolic OH excluding ortho intramolecular Hbond substituents is 1. The number of hydrogen-bond acceptors (Lipinski definition) is 4. The van der Waals surface area contributed by atoms with Crippen molar-refractivity contribution >= 4 is 46.6 Å². The minimum atomic E-state index is -0.762. The Balaban J connectivity index is 2.09. The maximum atomic E-state index is 11.9. The summed E-state index contributed by atoms with van der Waals surface area (Å²) in [5.41, 5.74) is 3.98. The van der Waals surface area contributed by atoms with E-state index in [-0.39, 0.29) is 32.2 Å². The molecule has 2 amide bonds. The zero-order chi connectivity index (χ0) is 16.3. The van der Waals surface area contributed by atoms with Crippen LogP contribution in [0, 0.1) is 0 Å². The summed E-state index contributed by atoms with van der Waals surface area (Å²) in [6.07, 6.45) is 0. The van der Waals surface area contributed by atoms with E-state index in [0.717, 1.165) is 0 Å². The molecular weight excluding hydrogens is 353 g/mol.